The van der Waals surface area contributed by atoms with Crippen LogP contribution >= 0.6 is 24.0 Å². The lowest BCUT2D eigenvalue weighted by atomic mass is 10.2. The first-order chi connectivity index (χ1) is 12.8. The van der Waals surface area contributed by atoms with Crippen molar-refractivity contribution in [2.24, 2.45) is 4.99 Å². The maximum Gasteiger partial charge on any atom is 0.191 e. The largest absolute Gasteiger partial charge is 0.497 e. The highest BCUT2D eigenvalue weighted by Gasteiger charge is 2.01. The van der Waals surface area contributed by atoms with Gasteiger partial charge in [-0.1, -0.05) is 24.3 Å². The summed E-state index contributed by atoms with van der Waals surface area (Å²) in [5, 5.41) is 10.7. The average molecular weight is 478 g/mol. The quantitative estimate of drug-likeness (QED) is 0.324. The van der Waals surface area contributed by atoms with Gasteiger partial charge in [-0.3, -0.25) is 4.99 Å². The number of nitrogens with one attached hydrogen (secondary N) is 2. The van der Waals surface area contributed by atoms with Crippen molar-refractivity contribution in [3.05, 3.63) is 72.3 Å². The molecular weight excluding hydrogens is 455 g/mol. The Morgan fingerprint density at radius 2 is 1.59 bits per heavy atom. The number of nitrogens with zero attached hydrogens (tertiary/aromatic N) is 4. The third-order valence-corrected chi connectivity index (χ3v) is 3.92. The Kier molecular flexibility index (Phi) is 8.05. The number of rotatable bonds is 6. The highest BCUT2D eigenvalue weighted by Crippen LogP contribution is 2.11. The summed E-state index contributed by atoms with van der Waals surface area (Å²) in [5.41, 5.74) is 3.29. The number of methoxy groups -OCH3 is 1. The second-order valence-corrected chi connectivity index (χ2v) is 5.63. The maximum absolute atomic E-state index is 5.17. The van der Waals surface area contributed by atoms with Crippen molar-refractivity contribution in [3.63, 3.8) is 0 Å². The third kappa shape index (κ3) is 5.95. The van der Waals surface area contributed by atoms with Gasteiger partial charge < -0.3 is 15.4 Å². The van der Waals surface area contributed by atoms with Crippen LogP contribution in [0.4, 0.5) is 0 Å². The molecule has 2 N–H and O–H groups in total. The van der Waals surface area contributed by atoms with Crippen LogP contribution in [0.2, 0.25) is 0 Å². The van der Waals surface area contributed by atoms with Gasteiger partial charge >= 0.3 is 0 Å². The second kappa shape index (κ2) is 10.5. The summed E-state index contributed by atoms with van der Waals surface area (Å²) in [4.78, 5) is 8.21. The van der Waals surface area contributed by atoms with Crippen molar-refractivity contribution in [2.45, 2.75) is 13.1 Å². The summed E-state index contributed by atoms with van der Waals surface area (Å²) in [6, 6.07) is 16.1. The van der Waals surface area contributed by atoms with Gasteiger partial charge in [0, 0.05) is 20.1 Å². The number of ether oxygens (including phenoxy) is 1. The Morgan fingerprint density at radius 3 is 2.07 bits per heavy atom. The molecule has 0 saturated heterocycles. The molecular formula is C19H23IN6O. The number of halogens is 1. The van der Waals surface area contributed by atoms with Gasteiger partial charge in [-0.25, -0.2) is 9.67 Å². The van der Waals surface area contributed by atoms with Crippen LogP contribution < -0.4 is 15.4 Å². The number of aliphatic imine (C=N–C) groups is 1. The van der Waals surface area contributed by atoms with Crippen LogP contribution in [0.15, 0.2) is 66.2 Å². The summed E-state index contributed by atoms with van der Waals surface area (Å²) in [5.74, 6) is 1.60. The van der Waals surface area contributed by atoms with E-state index in [-0.39, 0.29) is 24.0 Å². The van der Waals surface area contributed by atoms with E-state index in [9.17, 15) is 0 Å². The minimum atomic E-state index is 0. The minimum Gasteiger partial charge on any atom is -0.497 e. The molecule has 0 spiro atoms. The zero-order valence-electron chi connectivity index (χ0n) is 15.3. The highest BCUT2D eigenvalue weighted by atomic mass is 127. The van der Waals surface area contributed by atoms with Gasteiger partial charge in [0.05, 0.1) is 12.8 Å². The maximum atomic E-state index is 5.17. The molecule has 8 heteroatoms. The van der Waals surface area contributed by atoms with Gasteiger partial charge in [-0.15, -0.1) is 24.0 Å². The molecule has 0 amide bonds. The van der Waals surface area contributed by atoms with Crippen LogP contribution in [-0.4, -0.2) is 34.9 Å². The zero-order chi connectivity index (χ0) is 18.2. The molecule has 2 aromatic carbocycles. The molecule has 0 bridgehead atoms. The number of aromatic nitrogens is 3. The summed E-state index contributed by atoms with van der Waals surface area (Å²) in [6.07, 6.45) is 3.20. The Hall–Kier alpha value is -2.62. The monoisotopic (exact) mass is 478 g/mol. The fourth-order valence-electron chi connectivity index (χ4n) is 2.44. The number of guanidine groups is 1. The van der Waals surface area contributed by atoms with Crippen molar-refractivity contribution >= 4 is 29.9 Å². The van der Waals surface area contributed by atoms with Crippen molar-refractivity contribution in [1.82, 2.24) is 25.4 Å². The predicted molar refractivity (Wildman–Crippen MR) is 117 cm³/mol. The molecule has 0 aliphatic rings. The Labute approximate surface area is 175 Å². The molecule has 1 heterocycles. The highest BCUT2D eigenvalue weighted by molar-refractivity contribution is 14.0. The van der Waals surface area contributed by atoms with Crippen LogP contribution in [0.25, 0.3) is 5.69 Å². The number of benzene rings is 2. The van der Waals surface area contributed by atoms with Crippen LogP contribution in [0.1, 0.15) is 11.1 Å². The van der Waals surface area contributed by atoms with E-state index < -0.39 is 0 Å². The molecule has 3 aromatic rings. The van der Waals surface area contributed by atoms with E-state index in [2.05, 4.69) is 37.8 Å². The van der Waals surface area contributed by atoms with Gasteiger partial charge in [0.2, 0.25) is 0 Å². The lowest BCUT2D eigenvalue weighted by Crippen LogP contribution is -2.36. The molecule has 27 heavy (non-hydrogen) atoms. The van der Waals surface area contributed by atoms with Gasteiger partial charge in [0.25, 0.3) is 0 Å². The summed E-state index contributed by atoms with van der Waals surface area (Å²) < 4.78 is 6.90. The smallest absolute Gasteiger partial charge is 0.191 e. The molecule has 0 atom stereocenters. The molecule has 7 nitrogen and oxygen atoms in total. The van der Waals surface area contributed by atoms with Crippen LogP contribution in [0.5, 0.6) is 5.75 Å². The first kappa shape index (κ1) is 20.7. The van der Waals surface area contributed by atoms with E-state index in [0.717, 1.165) is 28.5 Å². The molecule has 0 saturated carbocycles. The van der Waals surface area contributed by atoms with E-state index in [1.165, 1.54) is 6.33 Å². The third-order valence-electron chi connectivity index (χ3n) is 3.92. The normalized spacial score (nSPS) is 10.8. The van der Waals surface area contributed by atoms with Crippen molar-refractivity contribution in [3.8, 4) is 11.4 Å². The predicted octanol–water partition coefficient (Wildman–Crippen LogP) is 2.76. The molecule has 142 valence electrons. The summed E-state index contributed by atoms with van der Waals surface area (Å²) in [6.45, 7) is 1.37. The lowest BCUT2D eigenvalue weighted by Gasteiger charge is -2.12. The van der Waals surface area contributed by atoms with Crippen LogP contribution in [0, 0.1) is 0 Å². The van der Waals surface area contributed by atoms with Crippen LogP contribution in [-0.2, 0) is 13.1 Å². The topological polar surface area (TPSA) is 76.4 Å². The van der Waals surface area contributed by atoms with Gasteiger partial charge in [0.15, 0.2) is 5.96 Å². The van der Waals surface area contributed by atoms with Crippen molar-refractivity contribution in [2.75, 3.05) is 14.2 Å². The van der Waals surface area contributed by atoms with E-state index in [0.29, 0.717) is 13.1 Å². The summed E-state index contributed by atoms with van der Waals surface area (Å²) in [7, 11) is 3.43. The fourth-order valence-corrected chi connectivity index (χ4v) is 2.44. The van der Waals surface area contributed by atoms with Crippen molar-refractivity contribution in [1.29, 1.82) is 0 Å². The second-order valence-electron chi connectivity index (χ2n) is 5.63. The van der Waals surface area contributed by atoms with Gasteiger partial charge in [-0.05, 0) is 35.4 Å². The molecule has 0 aliphatic carbocycles. The van der Waals surface area contributed by atoms with Gasteiger partial charge in [0.1, 0.15) is 18.4 Å². The molecule has 0 aliphatic heterocycles. The SMILES string of the molecule is CN=C(NCc1ccc(OC)cc1)NCc1ccc(-n2cncn2)cc1.I. The minimum absolute atomic E-state index is 0. The van der Waals surface area contributed by atoms with E-state index >= 15 is 0 Å². The van der Waals surface area contributed by atoms with Crippen molar-refractivity contribution < 1.29 is 4.74 Å². The number of hydrogen-bond acceptors (Lipinski definition) is 4. The summed E-state index contributed by atoms with van der Waals surface area (Å²) >= 11 is 0. The van der Waals surface area contributed by atoms with Crippen LogP contribution in [0.3, 0.4) is 0 Å². The standard InChI is InChI=1S/C19H22N6O.HI/c1-20-19(23-12-16-5-9-18(26-2)10-6-16)22-11-15-3-7-17(8-4-15)25-14-21-13-24-25;/h3-10,13-14H,11-12H2,1-2H3,(H2,20,22,23);1H. The number of hydrogen-bond donors (Lipinski definition) is 2. The first-order valence-corrected chi connectivity index (χ1v) is 8.30. The molecule has 1 aromatic heterocycles. The molecule has 3 rings (SSSR count). The Bertz CT molecular complexity index is 832. The molecule has 0 unspecified atom stereocenters. The first-order valence-electron chi connectivity index (χ1n) is 8.30. The fraction of sp³-hybridized carbons (Fsp3) is 0.211. The van der Waals surface area contributed by atoms with E-state index in [1.54, 1.807) is 25.2 Å². The van der Waals surface area contributed by atoms with E-state index in [1.807, 2.05) is 36.4 Å². The molecule has 0 fully saturated rings. The zero-order valence-corrected chi connectivity index (χ0v) is 17.6. The van der Waals surface area contributed by atoms with Gasteiger partial charge in [-0.2, -0.15) is 5.10 Å². The molecule has 0 radical (unpaired) electrons. The average Bonchev–Trinajstić information content (AvgIpc) is 3.24. The Morgan fingerprint density at radius 1 is 1.00 bits per heavy atom. The van der Waals surface area contributed by atoms with E-state index in [4.69, 9.17) is 4.74 Å². The lowest BCUT2D eigenvalue weighted by molar-refractivity contribution is 0.414. The Balaban J connectivity index is 0.00000261.